The minimum Gasteiger partial charge on any atom is -0.469 e. The molecule has 0 spiro atoms. The van der Waals surface area contributed by atoms with Crippen molar-refractivity contribution < 1.29 is 9.21 Å². The number of furan rings is 1. The molecule has 0 aliphatic heterocycles. The Morgan fingerprint density at radius 1 is 1.65 bits per heavy atom. The van der Waals surface area contributed by atoms with E-state index in [-0.39, 0.29) is 11.9 Å². The molecule has 0 saturated heterocycles. The van der Waals surface area contributed by atoms with Gasteiger partial charge in [-0.1, -0.05) is 0 Å². The predicted octanol–water partition coefficient (Wildman–Crippen LogP) is 2.41. The number of nitrogens with zero attached hydrogens (tertiary/aromatic N) is 1. The molecule has 1 amide bonds. The van der Waals surface area contributed by atoms with Crippen LogP contribution in [0.3, 0.4) is 0 Å². The van der Waals surface area contributed by atoms with Crippen LogP contribution in [0.15, 0.2) is 28.3 Å². The van der Waals surface area contributed by atoms with Crippen molar-refractivity contribution in [2.45, 2.75) is 26.3 Å². The van der Waals surface area contributed by atoms with Gasteiger partial charge in [0.2, 0.25) is 0 Å². The van der Waals surface area contributed by atoms with E-state index in [2.05, 4.69) is 10.3 Å². The molecule has 90 valence electrons. The van der Waals surface area contributed by atoms with Crippen LogP contribution in [-0.2, 0) is 6.42 Å². The van der Waals surface area contributed by atoms with Gasteiger partial charge in [-0.15, -0.1) is 11.3 Å². The van der Waals surface area contributed by atoms with E-state index in [1.807, 2.05) is 26.0 Å². The second kappa shape index (κ2) is 5.14. The van der Waals surface area contributed by atoms with Crippen LogP contribution in [0.2, 0.25) is 0 Å². The summed E-state index contributed by atoms with van der Waals surface area (Å²) >= 11 is 1.36. The van der Waals surface area contributed by atoms with Gasteiger partial charge in [-0.2, -0.15) is 0 Å². The summed E-state index contributed by atoms with van der Waals surface area (Å²) in [6, 6.07) is 3.79. The number of amides is 1. The first-order valence-corrected chi connectivity index (χ1v) is 6.28. The maximum absolute atomic E-state index is 11.9. The SMILES string of the molecule is Cc1ncsc1C(=O)N[C@@H](C)Cc1ccco1. The van der Waals surface area contributed by atoms with Crippen molar-refractivity contribution in [2.75, 3.05) is 0 Å². The molecule has 0 aliphatic rings. The Morgan fingerprint density at radius 3 is 3.06 bits per heavy atom. The van der Waals surface area contributed by atoms with Gasteiger partial charge in [-0.25, -0.2) is 4.98 Å². The van der Waals surface area contributed by atoms with E-state index in [0.29, 0.717) is 11.3 Å². The number of aryl methyl sites for hydroxylation is 1. The van der Waals surface area contributed by atoms with Gasteiger partial charge >= 0.3 is 0 Å². The summed E-state index contributed by atoms with van der Waals surface area (Å²) in [6.07, 6.45) is 2.33. The first kappa shape index (κ1) is 11.9. The number of carbonyl (C=O) groups excluding carboxylic acids is 1. The number of nitrogens with one attached hydrogen (secondary N) is 1. The standard InChI is InChI=1S/C12H14N2O2S/c1-8(6-10-4-3-5-16-10)14-12(15)11-9(2)13-7-17-11/h3-5,7-8H,6H2,1-2H3,(H,14,15)/t8-/m0/s1. The molecule has 1 N–H and O–H groups in total. The fourth-order valence-corrected chi connectivity index (χ4v) is 2.30. The van der Waals surface area contributed by atoms with Gasteiger partial charge in [0.25, 0.3) is 5.91 Å². The molecule has 0 saturated carbocycles. The summed E-state index contributed by atoms with van der Waals surface area (Å²) < 4.78 is 5.24. The summed E-state index contributed by atoms with van der Waals surface area (Å²) in [4.78, 5) is 16.6. The number of hydrogen-bond acceptors (Lipinski definition) is 4. The maximum atomic E-state index is 11.9. The van der Waals surface area contributed by atoms with Gasteiger partial charge in [0, 0.05) is 12.5 Å². The van der Waals surface area contributed by atoms with Crippen molar-refractivity contribution in [3.8, 4) is 0 Å². The number of hydrogen-bond donors (Lipinski definition) is 1. The van der Waals surface area contributed by atoms with E-state index in [1.54, 1.807) is 11.8 Å². The predicted molar refractivity (Wildman–Crippen MR) is 66.2 cm³/mol. The number of aromatic nitrogens is 1. The normalized spacial score (nSPS) is 12.4. The lowest BCUT2D eigenvalue weighted by Gasteiger charge is -2.11. The molecule has 4 nitrogen and oxygen atoms in total. The van der Waals surface area contributed by atoms with Crippen molar-refractivity contribution in [2.24, 2.45) is 0 Å². The van der Waals surface area contributed by atoms with Gasteiger partial charge < -0.3 is 9.73 Å². The second-order valence-electron chi connectivity index (χ2n) is 3.92. The molecule has 0 unspecified atom stereocenters. The van der Waals surface area contributed by atoms with Crippen LogP contribution >= 0.6 is 11.3 Å². The topological polar surface area (TPSA) is 55.1 Å². The summed E-state index contributed by atoms with van der Waals surface area (Å²) in [7, 11) is 0. The smallest absolute Gasteiger partial charge is 0.263 e. The van der Waals surface area contributed by atoms with Crippen LogP contribution in [0.25, 0.3) is 0 Å². The number of thiazole rings is 1. The molecular weight excluding hydrogens is 236 g/mol. The fourth-order valence-electron chi connectivity index (χ4n) is 1.59. The van der Waals surface area contributed by atoms with Gasteiger partial charge in [0.1, 0.15) is 10.6 Å². The van der Waals surface area contributed by atoms with E-state index in [4.69, 9.17) is 4.42 Å². The number of rotatable bonds is 4. The van der Waals surface area contributed by atoms with Crippen LogP contribution in [0.5, 0.6) is 0 Å². The minimum absolute atomic E-state index is 0.0372. The van der Waals surface area contributed by atoms with Gasteiger partial charge in [-0.3, -0.25) is 4.79 Å². The molecular formula is C12H14N2O2S. The van der Waals surface area contributed by atoms with Gasteiger partial charge in [-0.05, 0) is 26.0 Å². The van der Waals surface area contributed by atoms with Gasteiger partial charge in [0.15, 0.2) is 0 Å². The molecule has 2 rings (SSSR count). The van der Waals surface area contributed by atoms with Crippen molar-refractivity contribution in [1.29, 1.82) is 0 Å². The summed E-state index contributed by atoms with van der Waals surface area (Å²) in [5, 5.41) is 2.93. The molecule has 2 aromatic rings. The Hall–Kier alpha value is -1.62. The summed E-state index contributed by atoms with van der Waals surface area (Å²) in [5.74, 6) is 0.808. The largest absolute Gasteiger partial charge is 0.469 e. The quantitative estimate of drug-likeness (QED) is 0.906. The first-order valence-electron chi connectivity index (χ1n) is 5.40. The molecule has 0 aliphatic carbocycles. The lowest BCUT2D eigenvalue weighted by Crippen LogP contribution is -2.33. The highest BCUT2D eigenvalue weighted by Gasteiger charge is 2.14. The fraction of sp³-hybridized carbons (Fsp3) is 0.333. The zero-order chi connectivity index (χ0) is 12.3. The van der Waals surface area contributed by atoms with E-state index in [0.717, 1.165) is 11.5 Å². The molecule has 2 heterocycles. The van der Waals surface area contributed by atoms with E-state index < -0.39 is 0 Å². The van der Waals surface area contributed by atoms with Crippen LogP contribution in [-0.4, -0.2) is 16.9 Å². The third-order valence-electron chi connectivity index (χ3n) is 2.42. The molecule has 1 atom stereocenters. The molecule has 5 heteroatoms. The molecule has 2 aromatic heterocycles. The summed E-state index contributed by atoms with van der Waals surface area (Å²) in [5.41, 5.74) is 2.46. The van der Waals surface area contributed by atoms with Crippen molar-refractivity contribution in [3.05, 3.63) is 40.2 Å². The summed E-state index contributed by atoms with van der Waals surface area (Å²) in [6.45, 7) is 3.79. The van der Waals surface area contributed by atoms with Crippen molar-refractivity contribution >= 4 is 17.2 Å². The Labute approximate surface area is 104 Å². The highest BCUT2D eigenvalue weighted by molar-refractivity contribution is 7.11. The monoisotopic (exact) mass is 250 g/mol. The lowest BCUT2D eigenvalue weighted by atomic mass is 10.2. The second-order valence-corrected chi connectivity index (χ2v) is 4.78. The zero-order valence-corrected chi connectivity index (χ0v) is 10.6. The average molecular weight is 250 g/mol. The van der Waals surface area contributed by atoms with E-state index >= 15 is 0 Å². The van der Waals surface area contributed by atoms with Crippen LogP contribution in [0.4, 0.5) is 0 Å². The maximum Gasteiger partial charge on any atom is 0.263 e. The Morgan fingerprint density at radius 2 is 2.47 bits per heavy atom. The number of carbonyl (C=O) groups is 1. The minimum atomic E-state index is -0.0657. The van der Waals surface area contributed by atoms with Gasteiger partial charge in [0.05, 0.1) is 17.5 Å². The van der Waals surface area contributed by atoms with Crippen LogP contribution in [0.1, 0.15) is 28.0 Å². The highest BCUT2D eigenvalue weighted by atomic mass is 32.1. The Kier molecular flexibility index (Phi) is 3.58. The zero-order valence-electron chi connectivity index (χ0n) is 9.77. The molecule has 0 bridgehead atoms. The van der Waals surface area contributed by atoms with Crippen molar-refractivity contribution in [3.63, 3.8) is 0 Å². The Balaban J connectivity index is 1.93. The van der Waals surface area contributed by atoms with E-state index in [9.17, 15) is 4.79 Å². The third kappa shape index (κ3) is 2.94. The third-order valence-corrected chi connectivity index (χ3v) is 3.34. The molecule has 17 heavy (non-hydrogen) atoms. The van der Waals surface area contributed by atoms with Crippen LogP contribution < -0.4 is 5.32 Å². The molecule has 0 radical (unpaired) electrons. The van der Waals surface area contributed by atoms with Crippen molar-refractivity contribution in [1.82, 2.24) is 10.3 Å². The highest BCUT2D eigenvalue weighted by Crippen LogP contribution is 2.12. The first-order chi connectivity index (χ1) is 8.16. The van der Waals surface area contributed by atoms with E-state index in [1.165, 1.54) is 11.3 Å². The lowest BCUT2D eigenvalue weighted by molar-refractivity contribution is 0.0942. The van der Waals surface area contributed by atoms with Crippen LogP contribution in [0, 0.1) is 6.92 Å². The molecule has 0 fully saturated rings. The molecule has 0 aromatic carbocycles. The Bertz CT molecular complexity index is 490. The average Bonchev–Trinajstić information content (AvgIpc) is 2.88.